The summed E-state index contributed by atoms with van der Waals surface area (Å²) < 4.78 is 17.6. The molecule has 0 radical (unpaired) electrons. The maximum absolute atomic E-state index is 11.3. The van der Waals surface area contributed by atoms with E-state index < -0.39 is 7.60 Å². The Bertz CT molecular complexity index is 485. The van der Waals surface area contributed by atoms with E-state index >= 15 is 0 Å². The molecule has 0 aromatic carbocycles. The molecule has 136 valence electrons. The highest BCUT2D eigenvalue weighted by molar-refractivity contribution is 7.55. The SMILES string of the molecule is CC(C)(C)C1[C@@H](/C=C/P(=O)(O)O)O[C@@H](C(C)(C)C)[C@H]1C(C)(C)C. The quantitative estimate of drug-likeness (QED) is 0.704. The van der Waals surface area contributed by atoms with Crippen molar-refractivity contribution < 1.29 is 19.1 Å². The lowest BCUT2D eigenvalue weighted by molar-refractivity contribution is -0.0344. The molecule has 1 aliphatic rings. The Morgan fingerprint density at radius 3 is 1.57 bits per heavy atom. The predicted octanol–water partition coefficient (Wildman–Crippen LogP) is 4.82. The molecule has 1 unspecified atom stereocenters. The van der Waals surface area contributed by atoms with Crippen LogP contribution in [0.4, 0.5) is 0 Å². The van der Waals surface area contributed by atoms with Gasteiger partial charge in [-0.15, -0.1) is 0 Å². The monoisotopic (exact) mass is 346 g/mol. The number of rotatable bonds is 2. The zero-order valence-corrected chi connectivity index (χ0v) is 17.0. The van der Waals surface area contributed by atoms with Gasteiger partial charge in [-0.1, -0.05) is 62.3 Å². The van der Waals surface area contributed by atoms with E-state index in [1.165, 1.54) is 0 Å². The van der Waals surface area contributed by atoms with Gasteiger partial charge in [0, 0.05) is 5.82 Å². The van der Waals surface area contributed by atoms with Gasteiger partial charge in [0.15, 0.2) is 0 Å². The van der Waals surface area contributed by atoms with Crippen LogP contribution < -0.4 is 0 Å². The van der Waals surface area contributed by atoms with Gasteiger partial charge in [0.2, 0.25) is 0 Å². The maximum Gasteiger partial charge on any atom is 0.348 e. The van der Waals surface area contributed by atoms with Crippen LogP contribution in [0, 0.1) is 28.1 Å². The van der Waals surface area contributed by atoms with E-state index in [2.05, 4.69) is 62.3 Å². The summed E-state index contributed by atoms with van der Waals surface area (Å²) in [5.41, 5.74) is -0.0192. The Morgan fingerprint density at radius 2 is 1.26 bits per heavy atom. The Balaban J connectivity index is 3.37. The molecule has 1 saturated heterocycles. The average molecular weight is 346 g/mol. The molecular formula is C18H35O4P. The van der Waals surface area contributed by atoms with E-state index in [-0.39, 0.29) is 34.4 Å². The van der Waals surface area contributed by atoms with Crippen molar-refractivity contribution in [2.45, 2.75) is 74.5 Å². The van der Waals surface area contributed by atoms with Crippen LogP contribution >= 0.6 is 7.60 Å². The lowest BCUT2D eigenvalue weighted by Gasteiger charge is -2.44. The summed E-state index contributed by atoms with van der Waals surface area (Å²) in [6, 6.07) is 0. The number of hydrogen-bond donors (Lipinski definition) is 2. The second kappa shape index (κ2) is 6.29. The fourth-order valence-corrected chi connectivity index (χ4v) is 4.25. The summed E-state index contributed by atoms with van der Waals surface area (Å²) in [6.45, 7) is 19.8. The highest BCUT2D eigenvalue weighted by Gasteiger charge is 2.55. The van der Waals surface area contributed by atoms with Crippen molar-refractivity contribution >= 4 is 7.60 Å². The molecule has 5 heteroatoms. The third kappa shape index (κ3) is 5.42. The van der Waals surface area contributed by atoms with E-state index in [0.29, 0.717) is 5.92 Å². The molecule has 0 amide bonds. The first-order valence-electron chi connectivity index (χ1n) is 8.34. The van der Waals surface area contributed by atoms with E-state index in [1.54, 1.807) is 6.08 Å². The van der Waals surface area contributed by atoms with Gasteiger partial charge < -0.3 is 14.5 Å². The standard InChI is InChI=1S/C18H35O4P/c1-16(2,3)13-12(10-11-23(19,20)21)22-15(18(7,8)9)14(13)17(4,5)6/h10-15H,1-9H3,(H2,19,20,21)/b11-10+/t12-,13?,14+,15-/m1/s1. The van der Waals surface area contributed by atoms with Gasteiger partial charge in [-0.3, -0.25) is 4.57 Å². The van der Waals surface area contributed by atoms with Gasteiger partial charge in [-0.25, -0.2) is 0 Å². The molecule has 0 spiro atoms. The lowest BCUT2D eigenvalue weighted by atomic mass is 9.59. The van der Waals surface area contributed by atoms with Gasteiger partial charge >= 0.3 is 7.60 Å². The minimum Gasteiger partial charge on any atom is -0.370 e. The summed E-state index contributed by atoms with van der Waals surface area (Å²) in [6.07, 6.45) is 1.34. The van der Waals surface area contributed by atoms with Crippen molar-refractivity contribution in [2.75, 3.05) is 0 Å². The van der Waals surface area contributed by atoms with Gasteiger partial charge in [-0.2, -0.15) is 0 Å². The number of hydrogen-bond acceptors (Lipinski definition) is 2. The molecule has 23 heavy (non-hydrogen) atoms. The molecular weight excluding hydrogens is 311 g/mol. The van der Waals surface area contributed by atoms with Gasteiger partial charge in [0.1, 0.15) is 0 Å². The molecule has 1 fully saturated rings. The summed E-state index contributed by atoms with van der Waals surface area (Å²) in [7, 11) is -4.18. The smallest absolute Gasteiger partial charge is 0.348 e. The third-order valence-corrected chi connectivity index (χ3v) is 5.25. The Kier molecular flexibility index (Phi) is 5.72. The Morgan fingerprint density at radius 1 is 0.826 bits per heavy atom. The molecule has 2 N–H and O–H groups in total. The highest BCUT2D eigenvalue weighted by atomic mass is 31.2. The topological polar surface area (TPSA) is 66.8 Å². The van der Waals surface area contributed by atoms with Gasteiger partial charge in [0.05, 0.1) is 12.2 Å². The third-order valence-electron chi connectivity index (χ3n) is 4.69. The van der Waals surface area contributed by atoms with E-state index in [9.17, 15) is 14.4 Å². The van der Waals surface area contributed by atoms with Crippen molar-refractivity contribution in [1.29, 1.82) is 0 Å². The summed E-state index contributed by atoms with van der Waals surface area (Å²) in [5, 5.41) is 0. The molecule has 0 saturated carbocycles. The minimum atomic E-state index is -4.18. The average Bonchev–Trinajstić information content (AvgIpc) is 2.63. The Hall–Kier alpha value is -0.150. The van der Waals surface area contributed by atoms with Crippen molar-refractivity contribution in [1.82, 2.24) is 0 Å². The second-order valence-electron chi connectivity index (χ2n) is 10.1. The fraction of sp³-hybridized carbons (Fsp3) is 0.889. The number of ether oxygens (including phenoxy) is 1. The zero-order valence-electron chi connectivity index (χ0n) is 16.1. The van der Waals surface area contributed by atoms with Crippen LogP contribution in [0.5, 0.6) is 0 Å². The second-order valence-corrected chi connectivity index (χ2v) is 11.6. The van der Waals surface area contributed by atoms with Crippen molar-refractivity contribution in [3.05, 3.63) is 11.9 Å². The van der Waals surface area contributed by atoms with Crippen LogP contribution in [0.25, 0.3) is 0 Å². The van der Waals surface area contributed by atoms with Crippen molar-refractivity contribution in [2.24, 2.45) is 28.1 Å². The van der Waals surface area contributed by atoms with Crippen LogP contribution in [0.1, 0.15) is 62.3 Å². The molecule has 1 rings (SSSR count). The first-order valence-corrected chi connectivity index (χ1v) is 10.0. The van der Waals surface area contributed by atoms with E-state index in [1.807, 2.05) is 0 Å². The van der Waals surface area contributed by atoms with Gasteiger partial charge in [-0.05, 0) is 34.2 Å². The van der Waals surface area contributed by atoms with Gasteiger partial charge in [0.25, 0.3) is 0 Å². The first-order chi connectivity index (χ1) is 9.94. The largest absolute Gasteiger partial charge is 0.370 e. The fourth-order valence-electron chi connectivity index (χ4n) is 3.86. The molecule has 1 heterocycles. The van der Waals surface area contributed by atoms with Crippen LogP contribution in [0.15, 0.2) is 11.9 Å². The van der Waals surface area contributed by atoms with Crippen molar-refractivity contribution in [3.8, 4) is 0 Å². The minimum absolute atomic E-state index is 0.0259. The van der Waals surface area contributed by atoms with Crippen LogP contribution in [0.3, 0.4) is 0 Å². The highest BCUT2D eigenvalue weighted by Crippen LogP contribution is 2.55. The molecule has 0 aliphatic carbocycles. The van der Waals surface area contributed by atoms with Crippen LogP contribution in [0.2, 0.25) is 0 Å². The van der Waals surface area contributed by atoms with Crippen LogP contribution in [-0.2, 0) is 9.30 Å². The summed E-state index contributed by atoms with van der Waals surface area (Å²) in [4.78, 5) is 18.4. The molecule has 0 aromatic rings. The van der Waals surface area contributed by atoms with E-state index in [0.717, 1.165) is 5.82 Å². The molecule has 1 aliphatic heterocycles. The molecule has 0 aromatic heterocycles. The maximum atomic E-state index is 11.3. The van der Waals surface area contributed by atoms with Crippen molar-refractivity contribution in [3.63, 3.8) is 0 Å². The predicted molar refractivity (Wildman–Crippen MR) is 95.2 cm³/mol. The lowest BCUT2D eigenvalue weighted by Crippen LogP contribution is -2.43. The molecule has 4 nitrogen and oxygen atoms in total. The summed E-state index contributed by atoms with van der Waals surface area (Å²) >= 11 is 0. The van der Waals surface area contributed by atoms with Crippen LogP contribution in [-0.4, -0.2) is 22.0 Å². The summed E-state index contributed by atoms with van der Waals surface area (Å²) in [5.74, 6) is 1.49. The zero-order chi connectivity index (χ0) is 18.4. The van der Waals surface area contributed by atoms with E-state index in [4.69, 9.17) is 4.74 Å². The molecule has 4 atom stereocenters. The molecule has 0 bridgehead atoms. The Labute approximate surface area is 141 Å². The normalized spacial score (nSPS) is 31.1. The first kappa shape index (κ1) is 20.9.